The number of nitrogens with one attached hydrogen (secondary N) is 1. The standard InChI is InChI=1S/C16H24ClNO2/c1-5-8-18-14-10-16(3,11(2)19-4)20-15-7-6-12(17)9-13(14)15/h6-7,9,11,14,18H,5,8,10H2,1-4H3. The molecule has 0 fully saturated rings. The largest absolute Gasteiger partial charge is 0.484 e. The minimum absolute atomic E-state index is 0.0252. The lowest BCUT2D eigenvalue weighted by Crippen LogP contribution is -2.50. The van der Waals surface area contributed by atoms with E-state index in [-0.39, 0.29) is 17.7 Å². The molecule has 20 heavy (non-hydrogen) atoms. The molecule has 0 amide bonds. The molecule has 4 heteroatoms. The first-order chi connectivity index (χ1) is 9.50. The molecule has 1 N–H and O–H groups in total. The molecule has 0 saturated carbocycles. The third kappa shape index (κ3) is 3.11. The second-order valence-corrected chi connectivity index (χ2v) is 6.12. The number of hydrogen-bond donors (Lipinski definition) is 1. The number of benzene rings is 1. The predicted octanol–water partition coefficient (Wildman–Crippen LogP) is 3.96. The van der Waals surface area contributed by atoms with Crippen molar-refractivity contribution in [3.05, 3.63) is 28.8 Å². The summed E-state index contributed by atoms with van der Waals surface area (Å²) in [5.41, 5.74) is 0.813. The van der Waals surface area contributed by atoms with Crippen molar-refractivity contribution in [3.8, 4) is 5.75 Å². The zero-order chi connectivity index (χ0) is 14.8. The monoisotopic (exact) mass is 297 g/mol. The fraction of sp³-hybridized carbons (Fsp3) is 0.625. The van der Waals surface area contributed by atoms with Crippen LogP contribution in [-0.4, -0.2) is 25.4 Å². The number of methoxy groups -OCH3 is 1. The van der Waals surface area contributed by atoms with Crippen LogP contribution in [0.2, 0.25) is 5.02 Å². The molecular weight excluding hydrogens is 274 g/mol. The number of rotatable bonds is 5. The Hall–Kier alpha value is -0.770. The summed E-state index contributed by atoms with van der Waals surface area (Å²) in [7, 11) is 1.73. The van der Waals surface area contributed by atoms with Crippen LogP contribution in [0.25, 0.3) is 0 Å². The molecule has 1 aromatic carbocycles. The van der Waals surface area contributed by atoms with Gasteiger partial charge < -0.3 is 14.8 Å². The first-order valence-electron chi connectivity index (χ1n) is 7.25. The van der Waals surface area contributed by atoms with Crippen LogP contribution in [0.4, 0.5) is 0 Å². The van der Waals surface area contributed by atoms with E-state index in [4.69, 9.17) is 21.1 Å². The molecule has 3 unspecified atom stereocenters. The van der Waals surface area contributed by atoms with E-state index < -0.39 is 0 Å². The van der Waals surface area contributed by atoms with Crippen LogP contribution in [0.5, 0.6) is 5.75 Å². The fourth-order valence-electron chi connectivity index (χ4n) is 2.69. The van der Waals surface area contributed by atoms with Gasteiger partial charge >= 0.3 is 0 Å². The van der Waals surface area contributed by atoms with Gasteiger partial charge in [0.15, 0.2) is 0 Å². The average Bonchev–Trinajstić information content (AvgIpc) is 2.44. The first-order valence-corrected chi connectivity index (χ1v) is 7.62. The Morgan fingerprint density at radius 1 is 1.55 bits per heavy atom. The Morgan fingerprint density at radius 3 is 2.95 bits per heavy atom. The minimum atomic E-state index is -0.332. The quantitative estimate of drug-likeness (QED) is 0.892. The molecule has 2 rings (SSSR count). The Morgan fingerprint density at radius 2 is 2.30 bits per heavy atom. The number of fused-ring (bicyclic) bond motifs is 1. The highest BCUT2D eigenvalue weighted by molar-refractivity contribution is 6.30. The van der Waals surface area contributed by atoms with Crippen LogP contribution in [-0.2, 0) is 4.74 Å². The van der Waals surface area contributed by atoms with Gasteiger partial charge in [0.05, 0.1) is 6.10 Å². The van der Waals surface area contributed by atoms with Crippen LogP contribution in [0.3, 0.4) is 0 Å². The normalized spacial score (nSPS) is 26.8. The van der Waals surface area contributed by atoms with Crippen molar-refractivity contribution >= 4 is 11.6 Å². The van der Waals surface area contributed by atoms with Crippen molar-refractivity contribution in [1.82, 2.24) is 5.32 Å². The second kappa shape index (κ2) is 6.33. The van der Waals surface area contributed by atoms with Gasteiger partial charge in [-0.2, -0.15) is 0 Å². The van der Waals surface area contributed by atoms with Crippen LogP contribution in [0.1, 0.15) is 45.2 Å². The number of ether oxygens (including phenoxy) is 2. The van der Waals surface area contributed by atoms with Gasteiger partial charge in [-0.3, -0.25) is 0 Å². The Labute approximate surface area is 126 Å². The average molecular weight is 298 g/mol. The van der Waals surface area contributed by atoms with Crippen molar-refractivity contribution in [2.45, 2.75) is 51.4 Å². The van der Waals surface area contributed by atoms with Gasteiger partial charge in [-0.15, -0.1) is 0 Å². The highest BCUT2D eigenvalue weighted by Crippen LogP contribution is 2.42. The summed E-state index contributed by atoms with van der Waals surface area (Å²) >= 11 is 6.13. The highest BCUT2D eigenvalue weighted by atomic mass is 35.5. The van der Waals surface area contributed by atoms with Crippen LogP contribution < -0.4 is 10.1 Å². The molecule has 1 heterocycles. The molecule has 0 aliphatic carbocycles. The van der Waals surface area contributed by atoms with Crippen LogP contribution in [0, 0.1) is 0 Å². The van der Waals surface area contributed by atoms with E-state index in [1.54, 1.807) is 7.11 Å². The summed E-state index contributed by atoms with van der Waals surface area (Å²) < 4.78 is 11.7. The molecule has 3 nitrogen and oxygen atoms in total. The highest BCUT2D eigenvalue weighted by Gasteiger charge is 2.41. The van der Waals surface area contributed by atoms with Crippen molar-refractivity contribution < 1.29 is 9.47 Å². The molecule has 1 aliphatic rings. The zero-order valence-corrected chi connectivity index (χ0v) is 13.5. The van der Waals surface area contributed by atoms with Gasteiger partial charge in [-0.05, 0) is 45.0 Å². The Kier molecular flexibility index (Phi) is 4.95. The summed E-state index contributed by atoms with van der Waals surface area (Å²) in [4.78, 5) is 0. The molecule has 1 aromatic rings. The molecule has 0 aromatic heterocycles. The molecule has 1 aliphatic heterocycles. The zero-order valence-electron chi connectivity index (χ0n) is 12.7. The second-order valence-electron chi connectivity index (χ2n) is 5.69. The van der Waals surface area contributed by atoms with Crippen molar-refractivity contribution in [2.75, 3.05) is 13.7 Å². The van der Waals surface area contributed by atoms with Crippen molar-refractivity contribution in [1.29, 1.82) is 0 Å². The van der Waals surface area contributed by atoms with E-state index in [0.29, 0.717) is 0 Å². The smallest absolute Gasteiger partial charge is 0.134 e. The molecule has 0 bridgehead atoms. The van der Waals surface area contributed by atoms with Crippen LogP contribution >= 0.6 is 11.6 Å². The van der Waals surface area contributed by atoms with Crippen molar-refractivity contribution in [2.24, 2.45) is 0 Å². The van der Waals surface area contributed by atoms with Gasteiger partial charge in [0, 0.05) is 30.2 Å². The topological polar surface area (TPSA) is 30.5 Å². The maximum atomic E-state index is 6.21. The summed E-state index contributed by atoms with van der Waals surface area (Å²) in [6, 6.07) is 6.08. The SMILES string of the molecule is CCCNC1CC(C)(C(C)OC)Oc2ccc(Cl)cc21. The lowest BCUT2D eigenvalue weighted by Gasteiger charge is -2.43. The Bertz CT molecular complexity index is 466. The molecular formula is C16H24ClNO2. The molecule has 112 valence electrons. The fourth-order valence-corrected chi connectivity index (χ4v) is 2.87. The van der Waals surface area contributed by atoms with E-state index >= 15 is 0 Å². The van der Waals surface area contributed by atoms with E-state index in [9.17, 15) is 0 Å². The summed E-state index contributed by atoms with van der Waals surface area (Å²) in [6.07, 6.45) is 2.00. The summed E-state index contributed by atoms with van der Waals surface area (Å²) in [5, 5.41) is 4.34. The number of halogens is 1. The molecule has 0 saturated heterocycles. The molecule has 0 spiro atoms. The lowest BCUT2D eigenvalue weighted by molar-refractivity contribution is -0.0731. The van der Waals surface area contributed by atoms with E-state index in [0.717, 1.165) is 35.7 Å². The van der Waals surface area contributed by atoms with E-state index in [2.05, 4.69) is 26.1 Å². The van der Waals surface area contributed by atoms with Crippen LogP contribution in [0.15, 0.2) is 18.2 Å². The third-order valence-corrected chi connectivity index (χ3v) is 4.39. The van der Waals surface area contributed by atoms with Gasteiger partial charge in [-0.1, -0.05) is 18.5 Å². The molecule has 0 radical (unpaired) electrons. The third-order valence-electron chi connectivity index (χ3n) is 4.15. The maximum absolute atomic E-state index is 6.21. The summed E-state index contributed by atoms with van der Waals surface area (Å²) in [6.45, 7) is 7.31. The maximum Gasteiger partial charge on any atom is 0.134 e. The van der Waals surface area contributed by atoms with Gasteiger partial charge in [-0.25, -0.2) is 0 Å². The first kappa shape index (κ1) is 15.6. The van der Waals surface area contributed by atoms with Gasteiger partial charge in [0.1, 0.15) is 11.4 Å². The van der Waals surface area contributed by atoms with E-state index in [1.165, 1.54) is 0 Å². The number of hydrogen-bond acceptors (Lipinski definition) is 3. The van der Waals surface area contributed by atoms with Crippen molar-refractivity contribution in [3.63, 3.8) is 0 Å². The van der Waals surface area contributed by atoms with Gasteiger partial charge in [0.2, 0.25) is 0 Å². The van der Waals surface area contributed by atoms with Gasteiger partial charge in [0.25, 0.3) is 0 Å². The summed E-state index contributed by atoms with van der Waals surface area (Å²) in [5.74, 6) is 0.903. The van der Waals surface area contributed by atoms with E-state index in [1.807, 2.05) is 18.2 Å². The Balaban J connectivity index is 2.33. The molecule has 3 atom stereocenters. The lowest BCUT2D eigenvalue weighted by atomic mass is 9.85. The minimum Gasteiger partial charge on any atom is -0.484 e. The predicted molar refractivity (Wildman–Crippen MR) is 82.6 cm³/mol.